The number of imidazole rings is 1. The minimum Gasteiger partial charge on any atom is -0.328 e. The van der Waals surface area contributed by atoms with Crippen molar-refractivity contribution in [1.82, 2.24) is 24.5 Å². The molecule has 3 rings (SSSR count). The van der Waals surface area contributed by atoms with Crippen LogP contribution in [0.3, 0.4) is 0 Å². The van der Waals surface area contributed by atoms with Crippen LogP contribution >= 0.6 is 12.2 Å². The number of rotatable bonds is 4. The van der Waals surface area contributed by atoms with E-state index in [2.05, 4.69) is 15.3 Å². The lowest BCUT2D eigenvalue weighted by molar-refractivity contribution is 0.517. The van der Waals surface area contributed by atoms with E-state index in [9.17, 15) is 8.78 Å². The zero-order valence-electron chi connectivity index (χ0n) is 10.4. The monoisotopic (exact) mass is 295 g/mol. The van der Waals surface area contributed by atoms with Crippen molar-refractivity contribution in [2.75, 3.05) is 0 Å². The second-order valence-corrected chi connectivity index (χ2v) is 4.77. The van der Waals surface area contributed by atoms with E-state index >= 15 is 0 Å². The molecule has 5 nitrogen and oxygen atoms in total. The molecule has 3 aromatic rings. The van der Waals surface area contributed by atoms with Gasteiger partial charge in [-0.3, -0.25) is 4.68 Å². The first-order chi connectivity index (χ1) is 9.65. The second kappa shape index (κ2) is 5.12. The fourth-order valence-electron chi connectivity index (χ4n) is 2.15. The van der Waals surface area contributed by atoms with Crippen molar-refractivity contribution in [3.8, 4) is 0 Å². The summed E-state index contributed by atoms with van der Waals surface area (Å²) in [4.78, 5) is 2.77. The number of benzene rings is 1. The van der Waals surface area contributed by atoms with E-state index in [-0.39, 0.29) is 5.52 Å². The number of H-pyrrole nitrogens is 1. The van der Waals surface area contributed by atoms with E-state index in [0.717, 1.165) is 12.5 Å². The molecule has 8 heteroatoms. The smallest absolute Gasteiger partial charge is 0.178 e. The maximum absolute atomic E-state index is 13.6. The van der Waals surface area contributed by atoms with E-state index in [1.54, 1.807) is 21.6 Å². The summed E-state index contributed by atoms with van der Waals surface area (Å²) < 4.78 is 30.7. The highest BCUT2D eigenvalue weighted by Crippen LogP contribution is 2.19. The number of aromatic amines is 1. The van der Waals surface area contributed by atoms with Gasteiger partial charge in [0.05, 0.1) is 11.7 Å². The van der Waals surface area contributed by atoms with Crippen molar-refractivity contribution in [3.63, 3.8) is 0 Å². The molecule has 0 atom stereocenters. The van der Waals surface area contributed by atoms with Crippen LogP contribution in [0.15, 0.2) is 24.5 Å². The number of hydrogen-bond acceptors (Lipinski definition) is 3. The lowest BCUT2D eigenvalue weighted by Gasteiger charge is -2.05. The van der Waals surface area contributed by atoms with Gasteiger partial charge in [-0.05, 0) is 24.7 Å². The topological polar surface area (TPSA) is 51.4 Å². The van der Waals surface area contributed by atoms with Crippen LogP contribution in [0.5, 0.6) is 0 Å². The predicted octanol–water partition coefficient (Wildman–Crippen LogP) is 2.66. The van der Waals surface area contributed by atoms with E-state index in [1.807, 2.05) is 0 Å². The molecule has 20 heavy (non-hydrogen) atoms. The first kappa shape index (κ1) is 12.9. The Kier molecular flexibility index (Phi) is 3.31. The molecule has 0 bridgehead atoms. The van der Waals surface area contributed by atoms with E-state index < -0.39 is 11.6 Å². The van der Waals surface area contributed by atoms with Gasteiger partial charge in [-0.25, -0.2) is 8.78 Å². The van der Waals surface area contributed by atoms with Crippen LogP contribution in [0.25, 0.3) is 11.0 Å². The number of halogens is 2. The third kappa shape index (κ3) is 2.34. The van der Waals surface area contributed by atoms with Crippen molar-refractivity contribution in [1.29, 1.82) is 0 Å². The number of hydrogen-bond donors (Lipinski definition) is 1. The summed E-state index contributed by atoms with van der Waals surface area (Å²) in [5, 5.41) is 7.56. The van der Waals surface area contributed by atoms with Crippen LogP contribution in [-0.2, 0) is 13.1 Å². The summed E-state index contributed by atoms with van der Waals surface area (Å²) in [5.74, 6) is -1.25. The molecule has 0 aliphatic heterocycles. The van der Waals surface area contributed by atoms with Crippen LogP contribution in [0, 0.1) is 16.4 Å². The molecule has 1 N–H and O–H groups in total. The quantitative estimate of drug-likeness (QED) is 0.753. The average Bonchev–Trinajstić information content (AvgIpc) is 3.00. The van der Waals surface area contributed by atoms with Gasteiger partial charge >= 0.3 is 0 Å². The Bertz CT molecular complexity index is 790. The molecule has 0 unspecified atom stereocenters. The molecule has 0 saturated heterocycles. The number of fused-ring (bicyclic) bond motifs is 1. The van der Waals surface area contributed by atoms with Gasteiger partial charge in [0.15, 0.2) is 10.6 Å². The first-order valence-corrected chi connectivity index (χ1v) is 6.47. The Morgan fingerprint density at radius 3 is 2.85 bits per heavy atom. The van der Waals surface area contributed by atoms with Crippen LogP contribution in [-0.4, -0.2) is 24.5 Å². The normalized spacial score (nSPS) is 11.3. The Labute approximate surface area is 117 Å². The van der Waals surface area contributed by atoms with Gasteiger partial charge in [0.2, 0.25) is 0 Å². The van der Waals surface area contributed by atoms with Crippen LogP contribution in [0.4, 0.5) is 8.78 Å². The summed E-state index contributed by atoms with van der Waals surface area (Å²) in [6.45, 7) is 1.20. The Hall–Kier alpha value is -2.09. The molecular formula is C12H11F2N5S. The predicted molar refractivity (Wildman–Crippen MR) is 71.7 cm³/mol. The maximum Gasteiger partial charge on any atom is 0.178 e. The molecule has 0 aliphatic carbocycles. The molecule has 0 amide bonds. The third-order valence-electron chi connectivity index (χ3n) is 3.04. The van der Waals surface area contributed by atoms with Crippen molar-refractivity contribution in [3.05, 3.63) is 40.9 Å². The summed E-state index contributed by atoms with van der Waals surface area (Å²) in [6, 6.07) is 2.12. The zero-order valence-corrected chi connectivity index (χ0v) is 11.2. The van der Waals surface area contributed by atoms with Gasteiger partial charge < -0.3 is 9.55 Å². The van der Waals surface area contributed by atoms with Gasteiger partial charge in [-0.2, -0.15) is 0 Å². The Morgan fingerprint density at radius 2 is 2.10 bits per heavy atom. The minimum atomic E-state index is -0.638. The first-order valence-electron chi connectivity index (χ1n) is 6.07. The molecule has 1 aromatic carbocycles. The van der Waals surface area contributed by atoms with Crippen molar-refractivity contribution in [2.45, 2.75) is 19.5 Å². The molecule has 0 aliphatic rings. The number of aryl methyl sites for hydroxylation is 2. The molecule has 2 aromatic heterocycles. The molecule has 0 radical (unpaired) electrons. The molecule has 104 valence electrons. The van der Waals surface area contributed by atoms with Gasteiger partial charge in [-0.1, -0.05) is 5.21 Å². The average molecular weight is 295 g/mol. The number of nitrogens with one attached hydrogen (secondary N) is 1. The van der Waals surface area contributed by atoms with E-state index in [1.165, 1.54) is 6.07 Å². The summed E-state index contributed by atoms with van der Waals surface area (Å²) >= 11 is 5.15. The molecular weight excluding hydrogens is 284 g/mol. The van der Waals surface area contributed by atoms with Crippen LogP contribution in [0.2, 0.25) is 0 Å². The third-order valence-corrected chi connectivity index (χ3v) is 3.37. The summed E-state index contributed by atoms with van der Waals surface area (Å²) in [5.41, 5.74) is 0.670. The highest BCUT2D eigenvalue weighted by atomic mass is 32.1. The summed E-state index contributed by atoms with van der Waals surface area (Å²) in [6.07, 6.45) is 4.08. The highest BCUT2D eigenvalue weighted by molar-refractivity contribution is 7.71. The Balaban J connectivity index is 1.87. The van der Waals surface area contributed by atoms with Gasteiger partial charge in [0.1, 0.15) is 11.3 Å². The SMILES string of the molecule is Fc1cc(F)c2[nH]c(=S)n(CCCn3ccnn3)c2c1. The fourth-order valence-corrected chi connectivity index (χ4v) is 2.44. The zero-order chi connectivity index (χ0) is 14.1. The molecule has 0 saturated carbocycles. The van der Waals surface area contributed by atoms with Gasteiger partial charge in [0.25, 0.3) is 0 Å². The lowest BCUT2D eigenvalue weighted by Crippen LogP contribution is -2.05. The largest absolute Gasteiger partial charge is 0.328 e. The second-order valence-electron chi connectivity index (χ2n) is 4.38. The molecule has 0 fully saturated rings. The lowest BCUT2D eigenvalue weighted by atomic mass is 10.3. The highest BCUT2D eigenvalue weighted by Gasteiger charge is 2.10. The molecule has 0 spiro atoms. The Morgan fingerprint density at radius 1 is 1.25 bits per heavy atom. The van der Waals surface area contributed by atoms with Gasteiger partial charge in [-0.15, -0.1) is 5.10 Å². The minimum absolute atomic E-state index is 0.233. The standard InChI is InChI=1S/C12H11F2N5S/c13-8-6-9(14)11-10(7-8)19(12(20)16-11)4-1-3-18-5-2-15-17-18/h2,5-7H,1,3-4H2,(H,16,20). The van der Waals surface area contributed by atoms with Crippen LogP contribution < -0.4 is 0 Å². The van der Waals surface area contributed by atoms with Crippen molar-refractivity contribution < 1.29 is 8.78 Å². The fraction of sp³-hybridized carbons (Fsp3) is 0.250. The maximum atomic E-state index is 13.6. The van der Waals surface area contributed by atoms with Crippen LogP contribution in [0.1, 0.15) is 6.42 Å². The number of aromatic nitrogens is 5. The van der Waals surface area contributed by atoms with Crippen molar-refractivity contribution >= 4 is 23.3 Å². The van der Waals surface area contributed by atoms with Crippen molar-refractivity contribution in [2.24, 2.45) is 0 Å². The number of nitrogens with zero attached hydrogens (tertiary/aromatic N) is 4. The summed E-state index contributed by atoms with van der Waals surface area (Å²) in [7, 11) is 0. The van der Waals surface area contributed by atoms with Gasteiger partial charge in [0, 0.05) is 25.4 Å². The molecule has 2 heterocycles. The van der Waals surface area contributed by atoms with E-state index in [0.29, 0.717) is 23.4 Å². The van der Waals surface area contributed by atoms with E-state index in [4.69, 9.17) is 12.2 Å².